The van der Waals surface area contributed by atoms with Crippen LogP contribution in [0.25, 0.3) is 11.1 Å². The fourth-order valence-electron chi connectivity index (χ4n) is 3.23. The molecular formula is C20H17ClO5. The van der Waals surface area contributed by atoms with E-state index in [0.29, 0.717) is 10.6 Å². The predicted octanol–water partition coefficient (Wildman–Crippen LogP) is 3.84. The Morgan fingerprint density at radius 2 is 1.54 bits per heavy atom. The third-order valence-electron chi connectivity index (χ3n) is 4.61. The monoisotopic (exact) mass is 372 g/mol. The van der Waals surface area contributed by atoms with Crippen LogP contribution in [0.5, 0.6) is 0 Å². The molecule has 0 aromatic heterocycles. The van der Waals surface area contributed by atoms with Crippen molar-refractivity contribution in [1.29, 1.82) is 0 Å². The second-order valence-electron chi connectivity index (χ2n) is 6.30. The fourth-order valence-corrected chi connectivity index (χ4v) is 3.35. The van der Waals surface area contributed by atoms with Crippen LogP contribution in [0, 0.1) is 11.8 Å². The summed E-state index contributed by atoms with van der Waals surface area (Å²) in [5, 5.41) is 9.99. The molecule has 1 aliphatic carbocycles. The number of Topliss-reactive ketones (excluding diaryl/α,β-unsaturated/α-hetero) is 1. The van der Waals surface area contributed by atoms with Gasteiger partial charge in [0.25, 0.3) is 0 Å². The van der Waals surface area contributed by atoms with E-state index in [0.717, 1.165) is 11.1 Å². The van der Waals surface area contributed by atoms with E-state index < -0.39 is 29.9 Å². The summed E-state index contributed by atoms with van der Waals surface area (Å²) in [4.78, 5) is 35.1. The molecule has 2 aromatic carbocycles. The average molecular weight is 373 g/mol. The number of ketones is 1. The van der Waals surface area contributed by atoms with E-state index >= 15 is 0 Å². The van der Waals surface area contributed by atoms with Crippen LogP contribution >= 0.6 is 11.6 Å². The number of hydrogen-bond acceptors (Lipinski definition) is 4. The van der Waals surface area contributed by atoms with Crippen LogP contribution in [0.3, 0.4) is 0 Å². The maximum absolute atomic E-state index is 12.6. The number of carbonyl (C=O) groups is 3. The zero-order valence-corrected chi connectivity index (χ0v) is 14.8. The second kappa shape index (κ2) is 7.30. The van der Waals surface area contributed by atoms with Crippen LogP contribution in [0.4, 0.5) is 0 Å². The van der Waals surface area contributed by atoms with Gasteiger partial charge in [0, 0.05) is 23.4 Å². The molecule has 1 fully saturated rings. The van der Waals surface area contributed by atoms with Gasteiger partial charge in [-0.3, -0.25) is 14.4 Å². The minimum atomic E-state index is -1.13. The summed E-state index contributed by atoms with van der Waals surface area (Å²) in [6, 6.07) is 14.3. The Kier molecular flexibility index (Phi) is 5.09. The van der Waals surface area contributed by atoms with Gasteiger partial charge in [-0.25, -0.2) is 0 Å². The Labute approximate surface area is 155 Å². The smallest absolute Gasteiger partial charge is 0.311 e. The van der Waals surface area contributed by atoms with Crippen molar-refractivity contribution >= 4 is 29.3 Å². The predicted molar refractivity (Wildman–Crippen MR) is 96.0 cm³/mol. The second-order valence-corrected chi connectivity index (χ2v) is 6.74. The number of aliphatic carboxylic acids is 1. The molecule has 0 radical (unpaired) electrons. The zero-order valence-electron chi connectivity index (χ0n) is 14.0. The Bertz CT molecular complexity index is 842. The van der Waals surface area contributed by atoms with Crippen molar-refractivity contribution in [3.63, 3.8) is 0 Å². The number of carboxylic acid groups (broad SMARTS) is 1. The molecule has 26 heavy (non-hydrogen) atoms. The first-order valence-corrected chi connectivity index (χ1v) is 8.55. The number of carbonyl (C=O) groups excluding carboxylic acids is 2. The molecular weight excluding hydrogens is 356 g/mol. The topological polar surface area (TPSA) is 80.7 Å². The molecule has 0 saturated heterocycles. The van der Waals surface area contributed by atoms with Crippen LogP contribution in [0.2, 0.25) is 5.02 Å². The molecule has 0 spiro atoms. The molecule has 5 nitrogen and oxygen atoms in total. The molecule has 6 heteroatoms. The number of hydrogen-bond donors (Lipinski definition) is 1. The summed E-state index contributed by atoms with van der Waals surface area (Å²) in [6.07, 6.45) is -0.513. The lowest BCUT2D eigenvalue weighted by atomic mass is 9.67. The Morgan fingerprint density at radius 1 is 1.00 bits per heavy atom. The Hall–Kier alpha value is -2.66. The maximum Gasteiger partial charge on any atom is 0.311 e. The van der Waals surface area contributed by atoms with Gasteiger partial charge in [-0.2, -0.15) is 0 Å². The van der Waals surface area contributed by atoms with E-state index in [1.165, 1.54) is 6.92 Å². The molecule has 0 aliphatic heterocycles. The summed E-state index contributed by atoms with van der Waals surface area (Å²) in [7, 11) is 0. The van der Waals surface area contributed by atoms with Crippen molar-refractivity contribution in [2.24, 2.45) is 11.8 Å². The largest absolute Gasteiger partial charge is 0.481 e. The van der Waals surface area contributed by atoms with Gasteiger partial charge >= 0.3 is 11.9 Å². The quantitative estimate of drug-likeness (QED) is 0.637. The van der Waals surface area contributed by atoms with Gasteiger partial charge in [0.05, 0.1) is 0 Å². The number of halogens is 1. The highest BCUT2D eigenvalue weighted by atomic mass is 35.5. The van der Waals surface area contributed by atoms with E-state index in [4.69, 9.17) is 16.3 Å². The van der Waals surface area contributed by atoms with Gasteiger partial charge in [0.2, 0.25) is 0 Å². The number of rotatable bonds is 5. The van der Waals surface area contributed by atoms with Crippen molar-refractivity contribution in [3.05, 3.63) is 59.1 Å². The Morgan fingerprint density at radius 3 is 2.04 bits per heavy atom. The van der Waals surface area contributed by atoms with Crippen molar-refractivity contribution in [2.45, 2.75) is 19.4 Å². The fraction of sp³-hybridized carbons (Fsp3) is 0.250. The average Bonchev–Trinajstić information content (AvgIpc) is 2.58. The van der Waals surface area contributed by atoms with E-state index in [2.05, 4.69) is 0 Å². The molecule has 0 unspecified atom stereocenters. The minimum Gasteiger partial charge on any atom is -0.481 e. The third kappa shape index (κ3) is 3.63. The van der Waals surface area contributed by atoms with E-state index in [9.17, 15) is 19.5 Å². The molecule has 3 rings (SSSR count). The highest BCUT2D eigenvalue weighted by Gasteiger charge is 2.51. The van der Waals surface area contributed by atoms with Crippen LogP contribution < -0.4 is 0 Å². The van der Waals surface area contributed by atoms with Gasteiger partial charge < -0.3 is 9.84 Å². The van der Waals surface area contributed by atoms with Gasteiger partial charge in [0.15, 0.2) is 5.78 Å². The number of benzene rings is 2. The first-order valence-electron chi connectivity index (χ1n) is 8.17. The SMILES string of the molecule is CC(=O)O[C@@H]1C[C@@H](C(=O)c2ccc(-c3ccc(Cl)cc3)cc2)[C@H]1C(=O)O. The highest BCUT2D eigenvalue weighted by molar-refractivity contribution is 6.30. The summed E-state index contributed by atoms with van der Waals surface area (Å²) in [6.45, 7) is 1.23. The summed E-state index contributed by atoms with van der Waals surface area (Å²) >= 11 is 5.88. The van der Waals surface area contributed by atoms with Gasteiger partial charge in [-0.1, -0.05) is 48.0 Å². The van der Waals surface area contributed by atoms with Crippen LogP contribution in [0.1, 0.15) is 23.7 Å². The summed E-state index contributed by atoms with van der Waals surface area (Å²) in [5.41, 5.74) is 2.34. The van der Waals surface area contributed by atoms with Crippen molar-refractivity contribution in [1.82, 2.24) is 0 Å². The van der Waals surface area contributed by atoms with E-state index in [1.54, 1.807) is 24.3 Å². The molecule has 0 heterocycles. The number of esters is 1. The summed E-state index contributed by atoms with van der Waals surface area (Å²) < 4.78 is 4.98. The molecule has 3 atom stereocenters. The number of ether oxygens (including phenoxy) is 1. The molecule has 134 valence electrons. The minimum absolute atomic E-state index is 0.230. The third-order valence-corrected chi connectivity index (χ3v) is 4.86. The first kappa shape index (κ1) is 18.1. The lowest BCUT2D eigenvalue weighted by Crippen LogP contribution is -2.51. The Balaban J connectivity index is 1.75. The molecule has 1 saturated carbocycles. The molecule has 1 N–H and O–H groups in total. The van der Waals surface area contributed by atoms with Crippen molar-refractivity contribution in [3.8, 4) is 11.1 Å². The zero-order chi connectivity index (χ0) is 18.8. The highest BCUT2D eigenvalue weighted by Crippen LogP contribution is 2.40. The standard InChI is InChI=1S/C20H17ClO5/c1-11(22)26-17-10-16(18(17)20(24)25)19(23)14-4-2-12(3-5-14)13-6-8-15(21)9-7-13/h2-9,16-18H,10H2,1H3,(H,24,25)/t16-,17-,18-/m1/s1. The van der Waals surface area contributed by atoms with Crippen LogP contribution in [0.15, 0.2) is 48.5 Å². The van der Waals surface area contributed by atoms with Crippen LogP contribution in [-0.4, -0.2) is 28.9 Å². The molecule has 1 aliphatic rings. The molecule has 0 bridgehead atoms. The van der Waals surface area contributed by atoms with Gasteiger partial charge in [-0.05, 0) is 29.7 Å². The molecule has 2 aromatic rings. The van der Waals surface area contributed by atoms with Crippen molar-refractivity contribution < 1.29 is 24.2 Å². The van der Waals surface area contributed by atoms with Crippen molar-refractivity contribution in [2.75, 3.05) is 0 Å². The first-order chi connectivity index (χ1) is 12.4. The van der Waals surface area contributed by atoms with E-state index in [-0.39, 0.29) is 12.2 Å². The molecule has 0 amide bonds. The van der Waals surface area contributed by atoms with E-state index in [1.807, 2.05) is 24.3 Å². The van der Waals surface area contributed by atoms with Gasteiger partial charge in [0.1, 0.15) is 12.0 Å². The van der Waals surface area contributed by atoms with Gasteiger partial charge in [-0.15, -0.1) is 0 Å². The lowest BCUT2D eigenvalue weighted by molar-refractivity contribution is -0.170. The maximum atomic E-state index is 12.6. The lowest BCUT2D eigenvalue weighted by Gasteiger charge is -2.39. The normalized spacial score (nSPS) is 21.5. The van der Waals surface area contributed by atoms with Crippen LogP contribution in [-0.2, 0) is 14.3 Å². The number of carboxylic acids is 1. The summed E-state index contributed by atoms with van der Waals surface area (Å²) in [5.74, 6) is -3.60.